The van der Waals surface area contributed by atoms with Crippen LogP contribution in [-0.4, -0.2) is 54.1 Å². The molecule has 124 valence electrons. The Bertz CT molecular complexity index is 641. The third kappa shape index (κ3) is 3.33. The van der Waals surface area contributed by atoms with Gasteiger partial charge in [0.05, 0.1) is 0 Å². The van der Waals surface area contributed by atoms with Crippen LogP contribution in [0.15, 0.2) is 16.7 Å². The molecule has 2 aliphatic rings. The van der Waals surface area contributed by atoms with Crippen LogP contribution in [-0.2, 0) is 6.54 Å². The van der Waals surface area contributed by atoms with Crippen molar-refractivity contribution in [1.82, 2.24) is 20.2 Å². The highest BCUT2D eigenvalue weighted by Gasteiger charge is 2.19. The van der Waals surface area contributed by atoms with Gasteiger partial charge in [0, 0.05) is 57.6 Å². The summed E-state index contributed by atoms with van der Waals surface area (Å²) in [7, 11) is 0. The molecular formula is C17H25N5O. The molecule has 4 rings (SSSR count). The topological polar surface area (TPSA) is 57.4 Å². The van der Waals surface area contributed by atoms with Crippen molar-refractivity contribution in [3.63, 3.8) is 0 Å². The minimum absolute atomic E-state index is 0.747. The number of piperazine rings is 1. The Morgan fingerprint density at radius 1 is 1.04 bits per heavy atom. The van der Waals surface area contributed by atoms with Gasteiger partial charge >= 0.3 is 0 Å². The maximum absolute atomic E-state index is 6.15. The van der Waals surface area contributed by atoms with Crippen LogP contribution in [0.1, 0.15) is 31.2 Å². The molecule has 23 heavy (non-hydrogen) atoms. The Kier molecular flexibility index (Phi) is 4.43. The molecule has 0 spiro atoms. The molecule has 0 atom stereocenters. The summed E-state index contributed by atoms with van der Waals surface area (Å²) in [6.07, 6.45) is 6.92. The number of rotatable bonds is 3. The van der Waals surface area contributed by atoms with Crippen LogP contribution in [0, 0.1) is 0 Å². The first kappa shape index (κ1) is 14.9. The van der Waals surface area contributed by atoms with E-state index in [0.29, 0.717) is 0 Å². The van der Waals surface area contributed by atoms with E-state index in [1.165, 1.54) is 31.2 Å². The number of pyridine rings is 1. The Labute approximate surface area is 136 Å². The third-order valence-electron chi connectivity index (χ3n) is 4.84. The van der Waals surface area contributed by atoms with Gasteiger partial charge in [0.25, 0.3) is 6.01 Å². The second-order valence-electron chi connectivity index (χ2n) is 6.55. The van der Waals surface area contributed by atoms with Crippen LogP contribution in [0.4, 0.5) is 6.01 Å². The average Bonchev–Trinajstić information content (AvgIpc) is 2.84. The van der Waals surface area contributed by atoms with Gasteiger partial charge in [0.2, 0.25) is 5.65 Å². The molecule has 1 N–H and O–H groups in total. The number of aromatic nitrogens is 2. The van der Waals surface area contributed by atoms with E-state index in [2.05, 4.69) is 31.2 Å². The molecule has 0 amide bonds. The minimum Gasteiger partial charge on any atom is -0.421 e. The predicted molar refractivity (Wildman–Crippen MR) is 90.6 cm³/mol. The maximum atomic E-state index is 6.15. The van der Waals surface area contributed by atoms with Crippen molar-refractivity contribution < 1.29 is 4.42 Å². The van der Waals surface area contributed by atoms with Crippen molar-refractivity contribution >= 4 is 17.2 Å². The number of fused-ring (bicyclic) bond motifs is 1. The van der Waals surface area contributed by atoms with E-state index in [0.717, 1.165) is 63.1 Å². The first-order valence-corrected chi connectivity index (χ1v) is 8.82. The molecule has 6 nitrogen and oxygen atoms in total. The van der Waals surface area contributed by atoms with E-state index in [4.69, 9.17) is 4.42 Å². The summed E-state index contributed by atoms with van der Waals surface area (Å²) >= 11 is 0. The zero-order valence-electron chi connectivity index (χ0n) is 13.6. The molecule has 4 heterocycles. The lowest BCUT2D eigenvalue weighted by molar-refractivity contribution is 0.233. The van der Waals surface area contributed by atoms with E-state index < -0.39 is 0 Å². The van der Waals surface area contributed by atoms with Gasteiger partial charge in [-0.1, -0.05) is 12.8 Å². The lowest BCUT2D eigenvalue weighted by Gasteiger charge is -2.27. The molecule has 0 aliphatic carbocycles. The molecular weight excluding hydrogens is 290 g/mol. The molecule has 0 unspecified atom stereocenters. The SMILES string of the molecule is c1cc(CN2CCNCC2)c2oc(N3CCCCCC3)nc2n1. The van der Waals surface area contributed by atoms with E-state index in [9.17, 15) is 0 Å². The number of oxazole rings is 1. The average molecular weight is 315 g/mol. The smallest absolute Gasteiger partial charge is 0.299 e. The predicted octanol–water partition coefficient (Wildman–Crippen LogP) is 2.01. The first-order valence-electron chi connectivity index (χ1n) is 8.82. The molecule has 0 radical (unpaired) electrons. The van der Waals surface area contributed by atoms with Gasteiger partial charge in [0.1, 0.15) is 0 Å². The molecule has 2 fully saturated rings. The van der Waals surface area contributed by atoms with Gasteiger partial charge in [-0.05, 0) is 18.9 Å². The summed E-state index contributed by atoms with van der Waals surface area (Å²) in [4.78, 5) is 13.8. The number of nitrogens with zero attached hydrogens (tertiary/aromatic N) is 4. The van der Waals surface area contributed by atoms with E-state index in [-0.39, 0.29) is 0 Å². The van der Waals surface area contributed by atoms with Crippen LogP contribution in [0.5, 0.6) is 0 Å². The van der Waals surface area contributed by atoms with Crippen molar-refractivity contribution in [3.05, 3.63) is 17.8 Å². The molecule has 2 aromatic heterocycles. The Morgan fingerprint density at radius 3 is 2.61 bits per heavy atom. The minimum atomic E-state index is 0.747. The summed E-state index contributed by atoms with van der Waals surface area (Å²) in [6, 6.07) is 2.82. The second-order valence-corrected chi connectivity index (χ2v) is 6.55. The Balaban J connectivity index is 1.58. The van der Waals surface area contributed by atoms with Gasteiger partial charge in [-0.25, -0.2) is 4.98 Å². The standard InChI is InChI=1S/C17H25N5O/c1-2-4-10-22(9-3-1)17-20-16-15(23-17)14(5-6-19-16)13-21-11-7-18-8-12-21/h5-6,18H,1-4,7-13H2. The quantitative estimate of drug-likeness (QED) is 0.935. The van der Waals surface area contributed by atoms with Gasteiger partial charge in [-0.3, -0.25) is 4.90 Å². The molecule has 0 aromatic carbocycles. The summed E-state index contributed by atoms with van der Waals surface area (Å²) in [6.45, 7) is 7.27. The van der Waals surface area contributed by atoms with Crippen LogP contribution >= 0.6 is 0 Å². The van der Waals surface area contributed by atoms with Crippen LogP contribution in [0.3, 0.4) is 0 Å². The van der Waals surface area contributed by atoms with E-state index >= 15 is 0 Å². The fourth-order valence-electron chi connectivity index (χ4n) is 3.50. The van der Waals surface area contributed by atoms with Crippen LogP contribution in [0.25, 0.3) is 11.2 Å². The Morgan fingerprint density at radius 2 is 1.83 bits per heavy atom. The number of nitrogens with one attached hydrogen (secondary N) is 1. The number of hydrogen-bond acceptors (Lipinski definition) is 6. The Hall–Kier alpha value is -1.66. The van der Waals surface area contributed by atoms with Crippen molar-refractivity contribution in [2.75, 3.05) is 44.2 Å². The van der Waals surface area contributed by atoms with Gasteiger partial charge < -0.3 is 14.6 Å². The van der Waals surface area contributed by atoms with Gasteiger partial charge in [0.15, 0.2) is 5.58 Å². The lowest BCUT2D eigenvalue weighted by Crippen LogP contribution is -2.42. The van der Waals surface area contributed by atoms with Crippen LogP contribution < -0.4 is 10.2 Å². The van der Waals surface area contributed by atoms with Crippen molar-refractivity contribution in [2.24, 2.45) is 0 Å². The zero-order chi connectivity index (χ0) is 15.5. The van der Waals surface area contributed by atoms with E-state index in [1.54, 1.807) is 0 Å². The summed E-state index contributed by atoms with van der Waals surface area (Å²) < 4.78 is 6.15. The van der Waals surface area contributed by atoms with Gasteiger partial charge in [-0.15, -0.1) is 0 Å². The summed E-state index contributed by atoms with van der Waals surface area (Å²) in [5, 5.41) is 3.39. The monoisotopic (exact) mass is 315 g/mol. The second kappa shape index (κ2) is 6.84. The third-order valence-corrected chi connectivity index (χ3v) is 4.84. The molecule has 2 aromatic rings. The summed E-state index contributed by atoms with van der Waals surface area (Å²) in [5.74, 6) is 0. The highest BCUT2D eigenvalue weighted by molar-refractivity contribution is 5.73. The van der Waals surface area contributed by atoms with Crippen molar-refractivity contribution in [1.29, 1.82) is 0 Å². The van der Waals surface area contributed by atoms with E-state index in [1.807, 2.05) is 6.20 Å². The maximum Gasteiger partial charge on any atom is 0.299 e. The largest absolute Gasteiger partial charge is 0.421 e. The van der Waals surface area contributed by atoms with Crippen molar-refractivity contribution in [3.8, 4) is 0 Å². The van der Waals surface area contributed by atoms with Gasteiger partial charge in [-0.2, -0.15) is 4.98 Å². The molecule has 2 saturated heterocycles. The molecule has 0 saturated carbocycles. The molecule has 0 bridgehead atoms. The molecule has 2 aliphatic heterocycles. The normalized spacial score (nSPS) is 20.8. The number of hydrogen-bond donors (Lipinski definition) is 1. The highest BCUT2D eigenvalue weighted by atomic mass is 16.4. The van der Waals surface area contributed by atoms with Crippen molar-refractivity contribution in [2.45, 2.75) is 32.2 Å². The summed E-state index contributed by atoms with van der Waals surface area (Å²) in [5.41, 5.74) is 2.81. The zero-order valence-corrected chi connectivity index (χ0v) is 13.6. The lowest BCUT2D eigenvalue weighted by atomic mass is 10.2. The fraction of sp³-hybridized carbons (Fsp3) is 0.647. The van der Waals surface area contributed by atoms with Crippen LogP contribution in [0.2, 0.25) is 0 Å². The fourth-order valence-corrected chi connectivity index (χ4v) is 3.50. The highest BCUT2D eigenvalue weighted by Crippen LogP contribution is 2.26. The number of anilines is 1. The molecule has 6 heteroatoms. The first-order chi connectivity index (χ1) is 11.4.